The van der Waals surface area contributed by atoms with Crippen LogP contribution in [0.2, 0.25) is 0 Å². The maximum atomic E-state index is 5.33. The molecular formula is C13H16N4O. The lowest BCUT2D eigenvalue weighted by molar-refractivity contribution is 0.185. The van der Waals surface area contributed by atoms with Gasteiger partial charge in [0, 0.05) is 18.4 Å². The van der Waals surface area contributed by atoms with Crippen molar-refractivity contribution >= 4 is 17.3 Å². The molecule has 0 radical (unpaired) electrons. The van der Waals surface area contributed by atoms with Crippen molar-refractivity contribution in [3.05, 3.63) is 48.0 Å². The number of aromatic nitrogens is 1. The Kier molecular flexibility index (Phi) is 4.11. The molecule has 0 aliphatic rings. The molecule has 4 N–H and O–H groups in total. The Labute approximate surface area is 106 Å². The van der Waals surface area contributed by atoms with Gasteiger partial charge in [0.1, 0.15) is 11.6 Å². The number of hydrazine groups is 1. The van der Waals surface area contributed by atoms with Gasteiger partial charge in [-0.2, -0.15) is 0 Å². The first-order valence-corrected chi connectivity index (χ1v) is 5.61. The van der Waals surface area contributed by atoms with Crippen LogP contribution in [0.5, 0.6) is 0 Å². The minimum absolute atomic E-state index is 0.554. The summed E-state index contributed by atoms with van der Waals surface area (Å²) in [4.78, 5) is 4.30. The standard InChI is InChI=1S/C13H16N4O/c1-18-9-10-5-2-3-6-11(10)15-12-7-4-8-13(16-12)17-14/h2-8H,9,14H2,1H3,(H2,15,16,17). The average Bonchev–Trinajstić information content (AvgIpc) is 2.41. The summed E-state index contributed by atoms with van der Waals surface area (Å²) in [6.45, 7) is 0.554. The number of benzene rings is 1. The Morgan fingerprint density at radius 1 is 1.11 bits per heavy atom. The first-order valence-electron chi connectivity index (χ1n) is 5.61. The van der Waals surface area contributed by atoms with E-state index in [-0.39, 0.29) is 0 Å². The monoisotopic (exact) mass is 244 g/mol. The van der Waals surface area contributed by atoms with E-state index in [9.17, 15) is 0 Å². The van der Waals surface area contributed by atoms with Crippen LogP contribution < -0.4 is 16.6 Å². The quantitative estimate of drug-likeness (QED) is 0.556. The summed E-state index contributed by atoms with van der Waals surface area (Å²) in [7, 11) is 1.67. The lowest BCUT2D eigenvalue weighted by Gasteiger charge is -2.11. The van der Waals surface area contributed by atoms with Crippen LogP contribution in [-0.2, 0) is 11.3 Å². The molecule has 1 aromatic heterocycles. The number of nitrogens with one attached hydrogen (secondary N) is 2. The summed E-state index contributed by atoms with van der Waals surface area (Å²) in [6.07, 6.45) is 0. The summed E-state index contributed by atoms with van der Waals surface area (Å²) in [5, 5.41) is 3.25. The number of hydrogen-bond acceptors (Lipinski definition) is 5. The van der Waals surface area contributed by atoms with Gasteiger partial charge in [-0.1, -0.05) is 24.3 Å². The number of nitrogens with two attached hydrogens (primary N) is 1. The second-order valence-electron chi connectivity index (χ2n) is 3.77. The molecule has 0 unspecified atom stereocenters. The summed E-state index contributed by atoms with van der Waals surface area (Å²) in [5.41, 5.74) is 4.57. The molecule has 1 heterocycles. The molecule has 2 rings (SSSR count). The van der Waals surface area contributed by atoms with Gasteiger partial charge in [0.05, 0.1) is 6.61 Å². The van der Waals surface area contributed by atoms with Crippen LogP contribution >= 0.6 is 0 Å². The maximum Gasteiger partial charge on any atom is 0.142 e. The minimum Gasteiger partial charge on any atom is -0.380 e. The molecule has 2 aromatic rings. The van der Waals surface area contributed by atoms with E-state index in [0.29, 0.717) is 12.4 Å². The number of hydrogen-bond donors (Lipinski definition) is 3. The zero-order valence-corrected chi connectivity index (χ0v) is 10.2. The van der Waals surface area contributed by atoms with Gasteiger partial charge in [0.25, 0.3) is 0 Å². The van der Waals surface area contributed by atoms with Crippen molar-refractivity contribution in [1.29, 1.82) is 0 Å². The van der Waals surface area contributed by atoms with E-state index in [2.05, 4.69) is 15.7 Å². The van der Waals surface area contributed by atoms with Gasteiger partial charge < -0.3 is 15.5 Å². The topological polar surface area (TPSA) is 72.2 Å². The number of para-hydroxylation sites is 1. The Balaban J connectivity index is 2.22. The van der Waals surface area contributed by atoms with Crippen LogP contribution in [0.15, 0.2) is 42.5 Å². The van der Waals surface area contributed by atoms with Gasteiger partial charge in [-0.25, -0.2) is 10.8 Å². The highest BCUT2D eigenvalue weighted by Crippen LogP contribution is 2.20. The molecule has 1 aromatic carbocycles. The third-order valence-electron chi connectivity index (χ3n) is 2.48. The van der Waals surface area contributed by atoms with Gasteiger partial charge in [0.2, 0.25) is 0 Å². The van der Waals surface area contributed by atoms with Crippen LogP contribution in [0, 0.1) is 0 Å². The Morgan fingerprint density at radius 2 is 1.89 bits per heavy atom. The molecule has 0 saturated carbocycles. The van der Waals surface area contributed by atoms with E-state index < -0.39 is 0 Å². The minimum atomic E-state index is 0.554. The normalized spacial score (nSPS) is 10.1. The van der Waals surface area contributed by atoms with E-state index in [4.69, 9.17) is 10.6 Å². The lowest BCUT2D eigenvalue weighted by Crippen LogP contribution is -2.09. The molecule has 0 amide bonds. The molecule has 5 heteroatoms. The van der Waals surface area contributed by atoms with Crippen molar-refractivity contribution in [3.8, 4) is 0 Å². The Bertz CT molecular complexity index is 516. The highest BCUT2D eigenvalue weighted by molar-refractivity contribution is 5.61. The highest BCUT2D eigenvalue weighted by Gasteiger charge is 2.02. The van der Waals surface area contributed by atoms with E-state index in [1.165, 1.54) is 0 Å². The van der Waals surface area contributed by atoms with Crippen molar-refractivity contribution in [2.75, 3.05) is 17.9 Å². The van der Waals surface area contributed by atoms with Crippen LogP contribution in [0.25, 0.3) is 0 Å². The fourth-order valence-corrected chi connectivity index (χ4v) is 1.65. The number of ether oxygens (including phenoxy) is 1. The summed E-state index contributed by atoms with van der Waals surface area (Å²) < 4.78 is 5.16. The van der Waals surface area contributed by atoms with Gasteiger partial charge in [-0.05, 0) is 18.2 Å². The molecular weight excluding hydrogens is 228 g/mol. The largest absolute Gasteiger partial charge is 0.380 e. The Hall–Kier alpha value is -2.11. The first-order chi connectivity index (χ1) is 8.83. The second kappa shape index (κ2) is 6.00. The molecule has 0 atom stereocenters. The predicted octanol–water partition coefficient (Wildman–Crippen LogP) is 2.26. The third-order valence-corrected chi connectivity index (χ3v) is 2.48. The second-order valence-corrected chi connectivity index (χ2v) is 3.77. The van der Waals surface area contributed by atoms with Crippen LogP contribution in [0.3, 0.4) is 0 Å². The third kappa shape index (κ3) is 2.97. The average molecular weight is 244 g/mol. The van der Waals surface area contributed by atoms with Gasteiger partial charge in [0.15, 0.2) is 0 Å². The van der Waals surface area contributed by atoms with Crippen molar-refractivity contribution in [1.82, 2.24) is 4.98 Å². The van der Waals surface area contributed by atoms with Gasteiger partial charge in [-0.15, -0.1) is 0 Å². The zero-order valence-electron chi connectivity index (χ0n) is 10.2. The Morgan fingerprint density at radius 3 is 2.67 bits per heavy atom. The summed E-state index contributed by atoms with van der Waals surface area (Å²) in [5.74, 6) is 6.67. The summed E-state index contributed by atoms with van der Waals surface area (Å²) in [6, 6.07) is 13.5. The smallest absolute Gasteiger partial charge is 0.142 e. The molecule has 0 fully saturated rings. The van der Waals surface area contributed by atoms with Crippen molar-refractivity contribution in [2.24, 2.45) is 5.84 Å². The summed E-state index contributed by atoms with van der Waals surface area (Å²) >= 11 is 0. The number of nitrogens with zero attached hydrogens (tertiary/aromatic N) is 1. The zero-order chi connectivity index (χ0) is 12.8. The van der Waals surface area contributed by atoms with Crippen molar-refractivity contribution in [3.63, 3.8) is 0 Å². The SMILES string of the molecule is COCc1ccccc1Nc1cccc(NN)n1. The van der Waals surface area contributed by atoms with Crippen molar-refractivity contribution in [2.45, 2.75) is 6.61 Å². The molecule has 18 heavy (non-hydrogen) atoms. The fourth-order valence-electron chi connectivity index (χ4n) is 1.65. The first kappa shape index (κ1) is 12.3. The van der Waals surface area contributed by atoms with Crippen molar-refractivity contribution < 1.29 is 4.74 Å². The van der Waals surface area contributed by atoms with E-state index >= 15 is 0 Å². The number of rotatable bonds is 5. The van der Waals surface area contributed by atoms with Crippen LogP contribution in [0.4, 0.5) is 17.3 Å². The molecule has 0 aliphatic carbocycles. The fraction of sp³-hybridized carbons (Fsp3) is 0.154. The highest BCUT2D eigenvalue weighted by atomic mass is 16.5. The molecule has 0 aliphatic heterocycles. The van der Waals surface area contributed by atoms with E-state index in [1.807, 2.05) is 36.4 Å². The molecule has 5 nitrogen and oxygen atoms in total. The van der Waals surface area contributed by atoms with Crippen LogP contribution in [-0.4, -0.2) is 12.1 Å². The predicted molar refractivity (Wildman–Crippen MR) is 72.5 cm³/mol. The number of anilines is 3. The van der Waals surface area contributed by atoms with E-state index in [0.717, 1.165) is 17.1 Å². The van der Waals surface area contributed by atoms with Gasteiger partial charge >= 0.3 is 0 Å². The molecule has 0 bridgehead atoms. The lowest BCUT2D eigenvalue weighted by atomic mass is 10.2. The van der Waals surface area contributed by atoms with Gasteiger partial charge in [-0.3, -0.25) is 0 Å². The van der Waals surface area contributed by atoms with Crippen LogP contribution in [0.1, 0.15) is 5.56 Å². The number of nitrogen functional groups attached to an aromatic ring is 1. The number of methoxy groups -OCH3 is 1. The van der Waals surface area contributed by atoms with E-state index in [1.54, 1.807) is 13.2 Å². The number of pyridine rings is 1. The molecule has 94 valence electrons. The molecule has 0 saturated heterocycles. The molecule has 0 spiro atoms. The maximum absolute atomic E-state index is 5.33.